The molecule has 1 fully saturated rings. The molecule has 1 aliphatic carbocycles. The van der Waals surface area contributed by atoms with Crippen molar-refractivity contribution in [1.82, 2.24) is 0 Å². The van der Waals surface area contributed by atoms with Crippen LogP contribution in [0.4, 0.5) is 13.2 Å². The molecule has 4 heteroatoms. The van der Waals surface area contributed by atoms with Crippen LogP contribution in [0, 0.1) is 18.8 Å². The Bertz CT molecular complexity index is 505. The summed E-state index contributed by atoms with van der Waals surface area (Å²) < 4.78 is 37.8. The highest BCUT2D eigenvalue weighted by atomic mass is 19.4. The SMILES string of the molecule is CCC1CCC(C(=O)c2ccc(C(F)(F)F)cc2C)C1. The molecule has 0 radical (unpaired) electrons. The van der Waals surface area contributed by atoms with Crippen LogP contribution in [-0.4, -0.2) is 5.78 Å². The number of rotatable bonds is 3. The maximum Gasteiger partial charge on any atom is 0.416 e. The van der Waals surface area contributed by atoms with Gasteiger partial charge in [-0.3, -0.25) is 4.79 Å². The third-order valence-electron chi connectivity index (χ3n) is 4.31. The van der Waals surface area contributed by atoms with Crippen molar-refractivity contribution in [1.29, 1.82) is 0 Å². The lowest BCUT2D eigenvalue weighted by Gasteiger charge is -2.13. The number of carbonyl (C=O) groups excluding carboxylic acids is 1. The molecule has 0 aliphatic heterocycles. The lowest BCUT2D eigenvalue weighted by Crippen LogP contribution is -2.14. The molecule has 1 aliphatic rings. The Morgan fingerprint density at radius 3 is 2.50 bits per heavy atom. The van der Waals surface area contributed by atoms with Crippen molar-refractivity contribution in [2.24, 2.45) is 11.8 Å². The summed E-state index contributed by atoms with van der Waals surface area (Å²) in [5.41, 5.74) is 0.175. The third kappa shape index (κ3) is 3.05. The molecule has 1 nitrogen and oxygen atoms in total. The van der Waals surface area contributed by atoms with Gasteiger partial charge >= 0.3 is 6.18 Å². The molecular weight excluding hydrogens is 265 g/mol. The van der Waals surface area contributed by atoms with Crippen LogP contribution in [0.5, 0.6) is 0 Å². The Balaban J connectivity index is 2.19. The molecule has 0 amide bonds. The lowest BCUT2D eigenvalue weighted by molar-refractivity contribution is -0.137. The van der Waals surface area contributed by atoms with E-state index in [-0.39, 0.29) is 11.7 Å². The van der Waals surface area contributed by atoms with Crippen molar-refractivity contribution < 1.29 is 18.0 Å². The number of benzene rings is 1. The monoisotopic (exact) mass is 284 g/mol. The molecule has 1 saturated carbocycles. The quantitative estimate of drug-likeness (QED) is 0.712. The third-order valence-corrected chi connectivity index (χ3v) is 4.31. The van der Waals surface area contributed by atoms with Gasteiger partial charge < -0.3 is 0 Å². The van der Waals surface area contributed by atoms with E-state index in [0.29, 0.717) is 17.0 Å². The van der Waals surface area contributed by atoms with E-state index in [4.69, 9.17) is 0 Å². The second-order valence-electron chi connectivity index (χ2n) is 5.68. The number of halogens is 3. The maximum absolute atomic E-state index is 12.6. The number of alkyl halides is 3. The molecule has 2 rings (SSSR count). The van der Waals surface area contributed by atoms with Gasteiger partial charge in [0.2, 0.25) is 0 Å². The van der Waals surface area contributed by atoms with Crippen LogP contribution in [0.1, 0.15) is 54.1 Å². The zero-order valence-electron chi connectivity index (χ0n) is 11.8. The standard InChI is InChI=1S/C16H19F3O/c1-3-11-4-5-12(9-11)15(20)14-7-6-13(8-10(14)2)16(17,18)19/h6-8,11-12H,3-5,9H2,1-2H3. The molecule has 0 aromatic heterocycles. The number of hydrogen-bond donors (Lipinski definition) is 0. The predicted octanol–water partition coefficient (Wildman–Crippen LogP) is 5.02. The zero-order chi connectivity index (χ0) is 14.9. The van der Waals surface area contributed by atoms with Crippen LogP contribution in [0.3, 0.4) is 0 Å². The Kier molecular flexibility index (Phi) is 4.21. The van der Waals surface area contributed by atoms with Crippen molar-refractivity contribution in [2.75, 3.05) is 0 Å². The Morgan fingerprint density at radius 2 is 2.00 bits per heavy atom. The van der Waals surface area contributed by atoms with Gasteiger partial charge in [0.05, 0.1) is 5.56 Å². The van der Waals surface area contributed by atoms with Gasteiger partial charge in [0.1, 0.15) is 0 Å². The number of hydrogen-bond acceptors (Lipinski definition) is 1. The number of Topliss-reactive ketones (excluding diaryl/α,β-unsaturated/α-hetero) is 1. The molecule has 0 heterocycles. The molecular formula is C16H19F3O. The fourth-order valence-electron chi connectivity index (χ4n) is 3.02. The summed E-state index contributed by atoms with van der Waals surface area (Å²) in [5.74, 6) is 0.571. The molecule has 0 saturated heterocycles. The molecule has 20 heavy (non-hydrogen) atoms. The topological polar surface area (TPSA) is 17.1 Å². The van der Waals surface area contributed by atoms with Gasteiger partial charge in [0.15, 0.2) is 5.78 Å². The summed E-state index contributed by atoms with van der Waals surface area (Å²) in [4.78, 5) is 12.4. The maximum atomic E-state index is 12.6. The minimum Gasteiger partial charge on any atom is -0.294 e. The summed E-state index contributed by atoms with van der Waals surface area (Å²) in [7, 11) is 0. The first kappa shape index (κ1) is 15.1. The van der Waals surface area contributed by atoms with E-state index in [2.05, 4.69) is 6.92 Å². The van der Waals surface area contributed by atoms with Gasteiger partial charge in [-0.05, 0) is 49.8 Å². The van der Waals surface area contributed by atoms with E-state index in [1.54, 1.807) is 6.92 Å². The molecule has 1 aromatic carbocycles. The van der Waals surface area contributed by atoms with E-state index >= 15 is 0 Å². The summed E-state index contributed by atoms with van der Waals surface area (Å²) in [6, 6.07) is 3.41. The van der Waals surface area contributed by atoms with E-state index in [1.165, 1.54) is 6.07 Å². The molecule has 2 atom stereocenters. The van der Waals surface area contributed by atoms with Crippen LogP contribution in [0.25, 0.3) is 0 Å². The van der Waals surface area contributed by atoms with Gasteiger partial charge in [-0.15, -0.1) is 0 Å². The second-order valence-corrected chi connectivity index (χ2v) is 5.68. The molecule has 0 N–H and O–H groups in total. The smallest absolute Gasteiger partial charge is 0.294 e. The predicted molar refractivity (Wildman–Crippen MR) is 71.6 cm³/mol. The fraction of sp³-hybridized carbons (Fsp3) is 0.562. The Hall–Kier alpha value is -1.32. The van der Waals surface area contributed by atoms with Crippen LogP contribution in [0.15, 0.2) is 18.2 Å². The fourth-order valence-corrected chi connectivity index (χ4v) is 3.02. The molecule has 0 bridgehead atoms. The molecule has 110 valence electrons. The summed E-state index contributed by atoms with van der Waals surface area (Å²) in [6.07, 6.45) is -0.511. The van der Waals surface area contributed by atoms with Gasteiger partial charge in [-0.1, -0.05) is 19.4 Å². The highest BCUT2D eigenvalue weighted by Crippen LogP contribution is 2.36. The Morgan fingerprint density at radius 1 is 1.30 bits per heavy atom. The van der Waals surface area contributed by atoms with Crippen LogP contribution in [-0.2, 0) is 6.18 Å². The number of aryl methyl sites for hydroxylation is 1. The van der Waals surface area contributed by atoms with Crippen LogP contribution >= 0.6 is 0 Å². The van der Waals surface area contributed by atoms with Gasteiger partial charge in [0, 0.05) is 11.5 Å². The van der Waals surface area contributed by atoms with E-state index in [0.717, 1.165) is 37.8 Å². The van der Waals surface area contributed by atoms with Crippen LogP contribution in [0.2, 0.25) is 0 Å². The van der Waals surface area contributed by atoms with Crippen molar-refractivity contribution >= 4 is 5.78 Å². The van der Waals surface area contributed by atoms with Crippen molar-refractivity contribution in [2.45, 2.75) is 45.7 Å². The summed E-state index contributed by atoms with van der Waals surface area (Å²) in [6.45, 7) is 3.69. The minimum atomic E-state index is -4.35. The first-order chi connectivity index (χ1) is 9.32. The van der Waals surface area contributed by atoms with Crippen molar-refractivity contribution in [3.8, 4) is 0 Å². The Labute approximate surface area is 117 Å². The van der Waals surface area contributed by atoms with E-state index in [9.17, 15) is 18.0 Å². The first-order valence-corrected chi connectivity index (χ1v) is 7.05. The summed E-state index contributed by atoms with van der Waals surface area (Å²) >= 11 is 0. The molecule has 2 unspecified atom stereocenters. The normalized spacial score (nSPS) is 23.1. The van der Waals surface area contributed by atoms with E-state index in [1.807, 2.05) is 0 Å². The lowest BCUT2D eigenvalue weighted by atomic mass is 9.91. The molecule has 1 aromatic rings. The summed E-state index contributed by atoms with van der Waals surface area (Å²) in [5, 5.41) is 0. The second kappa shape index (κ2) is 5.58. The van der Waals surface area contributed by atoms with Gasteiger partial charge in [-0.2, -0.15) is 13.2 Å². The van der Waals surface area contributed by atoms with Gasteiger partial charge in [0.25, 0.3) is 0 Å². The van der Waals surface area contributed by atoms with Crippen molar-refractivity contribution in [3.05, 3.63) is 34.9 Å². The minimum absolute atomic E-state index is 0.00664. The largest absolute Gasteiger partial charge is 0.416 e. The first-order valence-electron chi connectivity index (χ1n) is 7.05. The number of ketones is 1. The highest BCUT2D eigenvalue weighted by Gasteiger charge is 2.33. The van der Waals surface area contributed by atoms with Crippen LogP contribution < -0.4 is 0 Å². The molecule has 0 spiro atoms. The highest BCUT2D eigenvalue weighted by molar-refractivity contribution is 5.99. The average molecular weight is 284 g/mol. The average Bonchev–Trinajstić information content (AvgIpc) is 2.85. The van der Waals surface area contributed by atoms with E-state index < -0.39 is 11.7 Å². The number of carbonyl (C=O) groups is 1. The van der Waals surface area contributed by atoms with Gasteiger partial charge in [-0.25, -0.2) is 0 Å². The zero-order valence-corrected chi connectivity index (χ0v) is 11.8. The van der Waals surface area contributed by atoms with Crippen molar-refractivity contribution in [3.63, 3.8) is 0 Å².